The second-order valence-electron chi connectivity index (χ2n) is 9.28. The number of nitrogens with one attached hydrogen (secondary N) is 1. The van der Waals surface area contributed by atoms with Crippen molar-refractivity contribution in [1.29, 1.82) is 0 Å². The Morgan fingerprint density at radius 3 is 2.63 bits per heavy atom. The largest absolute Gasteiger partial charge is 0.394 e. The van der Waals surface area contributed by atoms with Crippen molar-refractivity contribution >= 4 is 52.9 Å². The number of aliphatic hydroxyl groups is 2. The van der Waals surface area contributed by atoms with E-state index in [0.29, 0.717) is 0 Å². The molecule has 6 rings (SSSR count). The van der Waals surface area contributed by atoms with Gasteiger partial charge >= 0.3 is 0 Å². The molecule has 0 radical (unpaired) electrons. The lowest BCUT2D eigenvalue weighted by Gasteiger charge is -2.27. The normalized spacial score (nSPS) is 31.7. The van der Waals surface area contributed by atoms with Crippen molar-refractivity contribution < 1.29 is 37.6 Å². The number of nitrogen functional groups attached to an aromatic ring is 2. The van der Waals surface area contributed by atoms with Gasteiger partial charge in [0.15, 0.2) is 46.8 Å². The number of anilines is 2. The first kappa shape index (κ1) is 27.8. The predicted molar refractivity (Wildman–Crippen MR) is 137 cm³/mol. The number of ether oxygens (including phenoxy) is 2. The van der Waals surface area contributed by atoms with Crippen LogP contribution in [-0.4, -0.2) is 104 Å². The molecule has 0 aromatic carbocycles. The van der Waals surface area contributed by atoms with E-state index in [1.54, 1.807) is 0 Å². The molecule has 0 aliphatic carbocycles. The summed E-state index contributed by atoms with van der Waals surface area (Å²) in [5, 5.41) is 27.8. The summed E-state index contributed by atoms with van der Waals surface area (Å²) in [6.07, 6.45) is -9.53. The van der Waals surface area contributed by atoms with Crippen LogP contribution in [0.5, 0.6) is 0 Å². The molecule has 2 saturated heterocycles. The van der Waals surface area contributed by atoms with E-state index in [9.17, 15) is 19.6 Å². The van der Waals surface area contributed by atoms with Gasteiger partial charge in [0.2, 0.25) is 5.95 Å². The van der Waals surface area contributed by atoms with Gasteiger partial charge in [-0.25, -0.2) is 23.7 Å². The fourth-order valence-electron chi connectivity index (χ4n) is 4.81. The second kappa shape index (κ2) is 10.2. The van der Waals surface area contributed by atoms with E-state index in [4.69, 9.17) is 25.5 Å². The van der Waals surface area contributed by atoms with E-state index in [1.807, 2.05) is 0 Å². The van der Waals surface area contributed by atoms with Crippen molar-refractivity contribution in [2.45, 2.75) is 48.8 Å². The molecule has 0 bridgehead atoms. The second-order valence-corrected chi connectivity index (χ2v) is 12.9. The quantitative estimate of drug-likeness (QED) is 0.106. The van der Waals surface area contributed by atoms with Crippen LogP contribution in [-0.2, 0) is 18.6 Å². The van der Waals surface area contributed by atoms with E-state index >= 15 is 8.78 Å². The topological polar surface area (TPSA) is 257 Å². The van der Waals surface area contributed by atoms with Gasteiger partial charge in [0, 0.05) is 0 Å². The highest BCUT2D eigenvalue weighted by atomic mass is 32.7. The fourth-order valence-corrected chi connectivity index (χ4v) is 7.36. The first-order chi connectivity index (χ1) is 19.5. The van der Waals surface area contributed by atoms with Gasteiger partial charge in [-0.3, -0.25) is 18.9 Å². The number of nitrogens with two attached hydrogens (primary N) is 2. The number of hydrogen-bond donors (Lipinski definition) is 6. The van der Waals surface area contributed by atoms with Crippen molar-refractivity contribution in [3.05, 3.63) is 23.0 Å². The Bertz CT molecular complexity index is 1720. The summed E-state index contributed by atoms with van der Waals surface area (Å²) in [5.41, 5.74) is 8.88. The molecule has 0 amide bonds. The van der Waals surface area contributed by atoms with E-state index in [1.165, 1.54) is 0 Å². The van der Waals surface area contributed by atoms with Crippen LogP contribution < -0.4 is 17.0 Å². The summed E-state index contributed by atoms with van der Waals surface area (Å²) in [7, 11) is 0. The third-order valence-corrected chi connectivity index (χ3v) is 9.78. The Morgan fingerprint density at radius 1 is 1.12 bits per heavy atom. The molecule has 2 aliphatic heterocycles. The summed E-state index contributed by atoms with van der Waals surface area (Å²) in [4.78, 5) is 30.2. The average Bonchev–Trinajstić information content (AvgIpc) is 3.68. The zero-order chi connectivity index (χ0) is 29.2. The molecule has 18 nitrogen and oxygen atoms in total. The van der Waals surface area contributed by atoms with Crippen LogP contribution in [0, 0.1) is 0 Å². The van der Waals surface area contributed by atoms with E-state index in [-0.39, 0.29) is 34.1 Å². The molecule has 7 N–H and O–H groups in total. The summed E-state index contributed by atoms with van der Waals surface area (Å²) < 4.78 is 63.1. The highest BCUT2D eigenvalue weighted by Crippen LogP contribution is 2.64. The number of aromatic nitrogens is 9. The minimum atomic E-state index is -4.37. The van der Waals surface area contributed by atoms with E-state index in [0.717, 1.165) is 21.9 Å². The molecule has 41 heavy (non-hydrogen) atoms. The molecule has 2 fully saturated rings. The molecule has 2 aliphatic rings. The fraction of sp³-hybridized carbons (Fsp3) is 0.526. The number of imidazole rings is 1. The van der Waals surface area contributed by atoms with Gasteiger partial charge in [-0.05, 0) is 0 Å². The standard InChI is InChI=1S/C19H22F2N11O7PS/c20-7-5(1-33)38-18(31-4-26-10-15(31)27-19(23)28-16(10)35)12(7)40(36,41)37-2-6-11(34)8(21)17(39-6)32-14-9(29-30-32)13(22)24-3-25-14/h3-8,11-12,17-18,33-34H,1-2H2,(H,36,41)(H2,22,24,25)(H3,23,27,28,35)/t5-,6-,7-,8+,11-,12-,17-,18?,40?/m1/s1. The molecule has 0 spiro atoms. The van der Waals surface area contributed by atoms with Crippen LogP contribution in [0.2, 0.25) is 0 Å². The van der Waals surface area contributed by atoms with Crippen LogP contribution in [0.1, 0.15) is 12.5 Å². The number of aromatic amines is 1. The van der Waals surface area contributed by atoms with Crippen LogP contribution >= 0.6 is 18.8 Å². The molecule has 2 unspecified atom stereocenters. The van der Waals surface area contributed by atoms with Crippen molar-refractivity contribution in [3.63, 3.8) is 0 Å². The molecule has 22 heteroatoms. The van der Waals surface area contributed by atoms with Gasteiger partial charge in [-0.2, -0.15) is 9.67 Å². The SMILES string of the molecule is Nc1nc2c(ncn2C2O[C@H](CO)[C@@H](F)[C@H]2P(=O)(S)OC[C@H]2O[C@@H](n3nnc4c(N)ncnc43)[C@@H](F)[C@@H]2O)c(=O)[nH]1. The summed E-state index contributed by atoms with van der Waals surface area (Å²) in [6.45, 7) is -5.85. The number of alkyl halides is 2. The number of rotatable bonds is 7. The molecular formula is C19H22F2N11O7PS. The summed E-state index contributed by atoms with van der Waals surface area (Å²) in [6, 6.07) is 0. The highest BCUT2D eigenvalue weighted by molar-refractivity contribution is 8.46. The van der Waals surface area contributed by atoms with Crippen LogP contribution in [0.4, 0.5) is 20.5 Å². The highest BCUT2D eigenvalue weighted by Gasteiger charge is 2.56. The number of aliphatic hydroxyl groups excluding tert-OH is 2. The maximum Gasteiger partial charge on any atom is 0.280 e. The number of H-pyrrole nitrogens is 1. The molecule has 0 saturated carbocycles. The van der Waals surface area contributed by atoms with Crippen LogP contribution in [0.25, 0.3) is 22.3 Å². The van der Waals surface area contributed by atoms with Gasteiger partial charge in [0.05, 0.1) is 19.5 Å². The first-order valence-electron chi connectivity index (χ1n) is 11.9. The first-order valence-corrected chi connectivity index (χ1v) is 14.7. The molecule has 4 aromatic heterocycles. The number of nitrogens with zero attached hydrogens (tertiary/aromatic N) is 8. The minimum absolute atomic E-state index is 0.00504. The minimum Gasteiger partial charge on any atom is -0.394 e. The molecule has 6 heterocycles. The molecule has 9 atom stereocenters. The third-order valence-electron chi connectivity index (χ3n) is 6.82. The Balaban J connectivity index is 1.25. The van der Waals surface area contributed by atoms with Gasteiger partial charge < -0.3 is 35.7 Å². The number of halogens is 2. The lowest BCUT2D eigenvalue weighted by molar-refractivity contribution is -0.0468. The monoisotopic (exact) mass is 617 g/mol. The van der Waals surface area contributed by atoms with Crippen molar-refractivity contribution in [2.75, 3.05) is 24.7 Å². The maximum absolute atomic E-state index is 15.5. The van der Waals surface area contributed by atoms with Crippen LogP contribution in [0.3, 0.4) is 0 Å². The number of thiol groups is 1. The van der Waals surface area contributed by atoms with Crippen molar-refractivity contribution in [2.24, 2.45) is 0 Å². The van der Waals surface area contributed by atoms with Gasteiger partial charge in [0.25, 0.3) is 12.1 Å². The van der Waals surface area contributed by atoms with Crippen LogP contribution in [0.15, 0.2) is 17.4 Å². The van der Waals surface area contributed by atoms with Gasteiger partial charge in [0.1, 0.15) is 36.5 Å². The predicted octanol–water partition coefficient (Wildman–Crippen LogP) is -1.15. The van der Waals surface area contributed by atoms with E-state index < -0.39 is 74.1 Å². The Kier molecular flexibility index (Phi) is 6.91. The van der Waals surface area contributed by atoms with Gasteiger partial charge in [-0.1, -0.05) is 17.5 Å². The van der Waals surface area contributed by atoms with Gasteiger partial charge in [-0.15, -0.1) is 5.10 Å². The molecule has 4 aromatic rings. The Labute approximate surface area is 231 Å². The van der Waals surface area contributed by atoms with E-state index in [2.05, 4.69) is 47.5 Å². The van der Waals surface area contributed by atoms with Crippen molar-refractivity contribution in [3.8, 4) is 0 Å². The number of hydrogen-bond acceptors (Lipinski definition) is 15. The van der Waals surface area contributed by atoms with Crippen molar-refractivity contribution in [1.82, 2.24) is 44.5 Å². The number of fused-ring (bicyclic) bond motifs is 2. The lowest BCUT2D eigenvalue weighted by atomic mass is 10.1. The maximum atomic E-state index is 15.5. The Hall–Kier alpha value is -3.33. The molecular weight excluding hydrogens is 595 g/mol. The summed E-state index contributed by atoms with van der Waals surface area (Å²) >= 11 is 4.11. The summed E-state index contributed by atoms with van der Waals surface area (Å²) in [5.74, 6) is -0.272. The smallest absolute Gasteiger partial charge is 0.280 e. The zero-order valence-corrected chi connectivity index (χ0v) is 22.3. The molecule has 220 valence electrons. The lowest BCUT2D eigenvalue weighted by Crippen LogP contribution is -2.33. The third kappa shape index (κ3) is 4.53. The zero-order valence-electron chi connectivity index (χ0n) is 20.5. The Morgan fingerprint density at radius 2 is 1.88 bits per heavy atom. The average molecular weight is 617 g/mol.